The first-order valence-corrected chi connectivity index (χ1v) is 8.74. The van der Waals surface area contributed by atoms with Crippen molar-refractivity contribution < 1.29 is 27.9 Å². The molecule has 0 spiro atoms. The number of carbonyl (C=O) groups excluding carboxylic acids is 2. The van der Waals surface area contributed by atoms with Crippen LogP contribution in [-0.4, -0.2) is 49.5 Å². The standard InChI is InChI=1S/C13H20O6S/c1-2-19-12(16)13(6-4-3-5-11(13)15)9-7-20(17,18)8-10(9)14/h9-10,14H,2-8H2,1H3. The van der Waals surface area contributed by atoms with Crippen LogP contribution in [0.4, 0.5) is 0 Å². The lowest BCUT2D eigenvalue weighted by Gasteiger charge is -2.38. The van der Waals surface area contributed by atoms with Crippen LogP contribution in [-0.2, 0) is 24.2 Å². The zero-order chi connectivity index (χ0) is 15.0. The van der Waals surface area contributed by atoms with Crippen molar-refractivity contribution in [1.29, 1.82) is 0 Å². The molecule has 1 aliphatic carbocycles. The third-order valence-electron chi connectivity index (χ3n) is 4.32. The van der Waals surface area contributed by atoms with E-state index in [4.69, 9.17) is 4.74 Å². The summed E-state index contributed by atoms with van der Waals surface area (Å²) in [6.07, 6.45) is 0.680. The minimum atomic E-state index is -3.41. The van der Waals surface area contributed by atoms with Crippen LogP contribution in [0.1, 0.15) is 32.6 Å². The molecule has 7 heteroatoms. The maximum absolute atomic E-state index is 12.4. The summed E-state index contributed by atoms with van der Waals surface area (Å²) in [5, 5.41) is 10.0. The van der Waals surface area contributed by atoms with Crippen LogP contribution < -0.4 is 0 Å². The van der Waals surface area contributed by atoms with Crippen molar-refractivity contribution in [3.8, 4) is 0 Å². The average Bonchev–Trinajstić information content (AvgIpc) is 2.64. The maximum atomic E-state index is 12.4. The van der Waals surface area contributed by atoms with E-state index in [-0.39, 0.29) is 36.7 Å². The molecule has 2 fully saturated rings. The van der Waals surface area contributed by atoms with Gasteiger partial charge >= 0.3 is 5.97 Å². The third-order valence-corrected chi connectivity index (χ3v) is 6.03. The molecule has 1 saturated heterocycles. The number of hydrogen-bond donors (Lipinski definition) is 1. The molecule has 0 aromatic heterocycles. The number of sulfone groups is 1. The Morgan fingerprint density at radius 1 is 1.40 bits per heavy atom. The van der Waals surface area contributed by atoms with Gasteiger partial charge in [-0.2, -0.15) is 0 Å². The fraction of sp³-hybridized carbons (Fsp3) is 0.846. The fourth-order valence-corrected chi connectivity index (χ4v) is 5.31. The van der Waals surface area contributed by atoms with Crippen LogP contribution in [0.15, 0.2) is 0 Å². The van der Waals surface area contributed by atoms with E-state index in [2.05, 4.69) is 0 Å². The summed E-state index contributed by atoms with van der Waals surface area (Å²) in [5.74, 6) is -2.54. The van der Waals surface area contributed by atoms with Crippen molar-refractivity contribution in [3.63, 3.8) is 0 Å². The van der Waals surface area contributed by atoms with Gasteiger partial charge in [0.1, 0.15) is 5.41 Å². The Bertz CT molecular complexity index is 511. The van der Waals surface area contributed by atoms with Gasteiger partial charge in [-0.05, 0) is 19.8 Å². The molecule has 2 rings (SSSR count). The van der Waals surface area contributed by atoms with Crippen LogP contribution in [0.25, 0.3) is 0 Å². The zero-order valence-corrected chi connectivity index (χ0v) is 12.3. The van der Waals surface area contributed by atoms with Crippen LogP contribution >= 0.6 is 0 Å². The van der Waals surface area contributed by atoms with Crippen LogP contribution in [0.5, 0.6) is 0 Å². The molecule has 114 valence electrons. The maximum Gasteiger partial charge on any atom is 0.320 e. The van der Waals surface area contributed by atoms with Crippen LogP contribution in [0.2, 0.25) is 0 Å². The normalized spacial score (nSPS) is 36.8. The van der Waals surface area contributed by atoms with Gasteiger partial charge in [-0.15, -0.1) is 0 Å². The predicted octanol–water partition coefficient (Wildman–Crippen LogP) is 0.0845. The second-order valence-corrected chi connectivity index (χ2v) is 7.73. The zero-order valence-electron chi connectivity index (χ0n) is 11.5. The summed E-state index contributed by atoms with van der Waals surface area (Å²) in [6, 6.07) is 0. The van der Waals surface area contributed by atoms with Gasteiger partial charge in [0.15, 0.2) is 15.6 Å². The molecule has 1 N–H and O–H groups in total. The first-order valence-electron chi connectivity index (χ1n) is 6.92. The Morgan fingerprint density at radius 3 is 2.60 bits per heavy atom. The number of Topliss-reactive ketones (excluding diaryl/α,β-unsaturated/α-hetero) is 1. The van der Waals surface area contributed by atoms with E-state index in [0.717, 1.165) is 0 Å². The van der Waals surface area contributed by atoms with Gasteiger partial charge in [0.05, 0.1) is 24.2 Å². The molecule has 0 aromatic carbocycles. The van der Waals surface area contributed by atoms with E-state index >= 15 is 0 Å². The van der Waals surface area contributed by atoms with Gasteiger partial charge in [0.2, 0.25) is 0 Å². The van der Waals surface area contributed by atoms with Crippen molar-refractivity contribution in [2.24, 2.45) is 11.3 Å². The third kappa shape index (κ3) is 2.48. The number of hydrogen-bond acceptors (Lipinski definition) is 6. The second kappa shape index (κ2) is 5.44. The summed E-state index contributed by atoms with van der Waals surface area (Å²) in [7, 11) is -3.41. The molecule has 3 atom stereocenters. The van der Waals surface area contributed by atoms with E-state index in [1.165, 1.54) is 0 Å². The van der Waals surface area contributed by atoms with Crippen molar-refractivity contribution in [2.45, 2.75) is 38.7 Å². The lowest BCUT2D eigenvalue weighted by molar-refractivity contribution is -0.169. The molecule has 1 heterocycles. The van der Waals surface area contributed by atoms with E-state index in [1.807, 2.05) is 0 Å². The summed E-state index contributed by atoms with van der Waals surface area (Å²) >= 11 is 0. The molecule has 20 heavy (non-hydrogen) atoms. The molecule has 1 aliphatic heterocycles. The number of carbonyl (C=O) groups is 2. The van der Waals surface area contributed by atoms with Gasteiger partial charge in [0.25, 0.3) is 0 Å². The average molecular weight is 304 g/mol. The van der Waals surface area contributed by atoms with Gasteiger partial charge in [-0.1, -0.05) is 6.42 Å². The highest BCUT2D eigenvalue weighted by atomic mass is 32.2. The minimum Gasteiger partial charge on any atom is -0.465 e. The molecule has 0 radical (unpaired) electrons. The van der Waals surface area contributed by atoms with Crippen molar-refractivity contribution >= 4 is 21.6 Å². The Balaban J connectivity index is 2.41. The lowest BCUT2D eigenvalue weighted by Crippen LogP contribution is -2.52. The van der Waals surface area contributed by atoms with Crippen LogP contribution in [0, 0.1) is 11.3 Å². The van der Waals surface area contributed by atoms with Gasteiger partial charge in [0, 0.05) is 12.3 Å². The first-order chi connectivity index (χ1) is 9.33. The highest BCUT2D eigenvalue weighted by Gasteiger charge is 2.59. The van der Waals surface area contributed by atoms with Crippen molar-refractivity contribution in [2.75, 3.05) is 18.1 Å². The number of aliphatic hydroxyl groups is 1. The Labute approximate surface area is 118 Å². The second-order valence-electron chi connectivity index (χ2n) is 5.57. The SMILES string of the molecule is CCOC(=O)C1(C2CS(=O)(=O)CC2O)CCCCC1=O. The Hall–Kier alpha value is -0.950. The molecule has 0 amide bonds. The molecule has 2 aliphatic rings. The molecule has 1 saturated carbocycles. The van der Waals surface area contributed by atoms with E-state index in [9.17, 15) is 23.1 Å². The minimum absolute atomic E-state index is 0.128. The highest BCUT2D eigenvalue weighted by molar-refractivity contribution is 7.91. The monoisotopic (exact) mass is 304 g/mol. The van der Waals surface area contributed by atoms with Gasteiger partial charge < -0.3 is 9.84 Å². The van der Waals surface area contributed by atoms with E-state index in [0.29, 0.717) is 12.8 Å². The summed E-state index contributed by atoms with van der Waals surface area (Å²) in [5.41, 5.74) is -1.47. The van der Waals surface area contributed by atoms with Crippen molar-refractivity contribution in [1.82, 2.24) is 0 Å². The number of aliphatic hydroxyl groups excluding tert-OH is 1. The first kappa shape index (κ1) is 15.4. The van der Waals surface area contributed by atoms with E-state index < -0.39 is 33.2 Å². The summed E-state index contributed by atoms with van der Waals surface area (Å²) in [6.45, 7) is 1.77. The molecule has 3 unspecified atom stereocenters. The van der Waals surface area contributed by atoms with E-state index in [1.54, 1.807) is 6.92 Å². The molecule has 6 nitrogen and oxygen atoms in total. The predicted molar refractivity (Wildman–Crippen MR) is 70.7 cm³/mol. The summed E-state index contributed by atoms with van der Waals surface area (Å²) in [4.78, 5) is 24.7. The van der Waals surface area contributed by atoms with Gasteiger partial charge in [-0.3, -0.25) is 9.59 Å². The van der Waals surface area contributed by atoms with Crippen LogP contribution in [0.3, 0.4) is 0 Å². The topological polar surface area (TPSA) is 97.7 Å². The number of esters is 1. The summed E-state index contributed by atoms with van der Waals surface area (Å²) < 4.78 is 28.4. The number of rotatable bonds is 3. The highest BCUT2D eigenvalue weighted by Crippen LogP contribution is 2.45. The smallest absolute Gasteiger partial charge is 0.320 e. The fourth-order valence-electron chi connectivity index (χ4n) is 3.37. The lowest BCUT2D eigenvalue weighted by atomic mass is 9.64. The molecular formula is C13H20O6S. The Kier molecular flexibility index (Phi) is 4.20. The number of ether oxygens (including phenoxy) is 1. The van der Waals surface area contributed by atoms with Gasteiger partial charge in [-0.25, -0.2) is 8.42 Å². The number of ketones is 1. The molecule has 0 aromatic rings. The largest absolute Gasteiger partial charge is 0.465 e. The quantitative estimate of drug-likeness (QED) is 0.586. The van der Waals surface area contributed by atoms with Crippen molar-refractivity contribution in [3.05, 3.63) is 0 Å². The molecular weight excluding hydrogens is 284 g/mol. The Morgan fingerprint density at radius 2 is 2.10 bits per heavy atom. The molecule has 0 bridgehead atoms.